The number of halogens is 3. The number of rotatable bonds is 15. The lowest BCUT2D eigenvalue weighted by molar-refractivity contribution is 0.187. The van der Waals surface area contributed by atoms with Gasteiger partial charge in [-0.1, -0.05) is 139 Å². The number of aryl methyl sites for hydroxylation is 1. The molecule has 2 aliphatic carbocycles. The zero-order chi connectivity index (χ0) is 32.3. The molecule has 248 valence electrons. The first-order valence-electron chi connectivity index (χ1n) is 18.5. The van der Waals surface area contributed by atoms with E-state index in [9.17, 15) is 4.39 Å². The molecule has 3 aromatic rings. The van der Waals surface area contributed by atoms with Crippen LogP contribution >= 0.6 is 0 Å². The monoisotopic (exact) mass is 628 g/mol. The summed E-state index contributed by atoms with van der Waals surface area (Å²) in [5.41, 5.74) is 4.79. The Labute approximate surface area is 276 Å². The average molecular weight is 629 g/mol. The second-order valence-corrected chi connectivity index (χ2v) is 14.2. The van der Waals surface area contributed by atoms with Crippen molar-refractivity contribution in [1.29, 1.82) is 0 Å². The minimum absolute atomic E-state index is 0.244. The van der Waals surface area contributed by atoms with E-state index in [1.54, 1.807) is 42.5 Å². The summed E-state index contributed by atoms with van der Waals surface area (Å²) in [4.78, 5) is 0. The van der Waals surface area contributed by atoms with Gasteiger partial charge in [0.2, 0.25) is 0 Å². The number of unbranched alkanes of at least 4 members (excludes halogenated alkanes) is 7. The topological polar surface area (TPSA) is 0 Å². The van der Waals surface area contributed by atoms with Crippen LogP contribution in [-0.2, 0) is 6.42 Å². The highest BCUT2D eigenvalue weighted by Gasteiger charge is 2.29. The summed E-state index contributed by atoms with van der Waals surface area (Å²) < 4.78 is 45.4. The molecule has 2 aliphatic rings. The molecule has 1 saturated carbocycles. The Morgan fingerprint density at radius 3 is 1.89 bits per heavy atom. The SMILES string of the molecule is CCCCCCCCc1ccc(-c2ccc(-c3ccc(C4=CCC(C5CCC(CCCCC)CC5)CC4)cc3F)cc2)c(F)c1F. The van der Waals surface area contributed by atoms with Gasteiger partial charge in [0.1, 0.15) is 5.82 Å². The maximum atomic E-state index is 15.4. The first kappa shape index (κ1) is 34.5. The zero-order valence-electron chi connectivity index (χ0n) is 28.4. The molecule has 46 heavy (non-hydrogen) atoms. The van der Waals surface area contributed by atoms with E-state index in [1.807, 2.05) is 12.1 Å². The van der Waals surface area contributed by atoms with E-state index in [0.717, 1.165) is 61.0 Å². The largest absolute Gasteiger partial charge is 0.206 e. The summed E-state index contributed by atoms with van der Waals surface area (Å²) in [5.74, 6) is 0.791. The van der Waals surface area contributed by atoms with Gasteiger partial charge in [-0.2, -0.15) is 0 Å². The van der Waals surface area contributed by atoms with Crippen LogP contribution in [0.2, 0.25) is 0 Å². The third kappa shape index (κ3) is 8.96. The number of hydrogen-bond donors (Lipinski definition) is 0. The Morgan fingerprint density at radius 1 is 0.587 bits per heavy atom. The van der Waals surface area contributed by atoms with Gasteiger partial charge in [-0.15, -0.1) is 0 Å². The molecule has 0 aliphatic heterocycles. The van der Waals surface area contributed by atoms with Crippen molar-refractivity contribution >= 4 is 5.57 Å². The van der Waals surface area contributed by atoms with Gasteiger partial charge in [0.25, 0.3) is 0 Å². The molecular formula is C43H55F3. The first-order chi connectivity index (χ1) is 22.5. The zero-order valence-corrected chi connectivity index (χ0v) is 28.4. The lowest BCUT2D eigenvalue weighted by Crippen LogP contribution is -2.23. The van der Waals surface area contributed by atoms with Gasteiger partial charge in [-0.05, 0) is 96.6 Å². The Morgan fingerprint density at radius 2 is 1.22 bits per heavy atom. The molecule has 3 heteroatoms. The second kappa shape index (κ2) is 17.4. The quantitative estimate of drug-likeness (QED) is 0.147. The van der Waals surface area contributed by atoms with E-state index < -0.39 is 11.6 Å². The predicted octanol–water partition coefficient (Wildman–Crippen LogP) is 13.9. The standard InChI is InChI=1S/C43H55F3/c1-3-5-7-8-9-11-13-37-26-29-40(43(46)42(37)45)36-24-22-35(23-25-36)39-28-27-38(30-41(39)44)34-20-18-33(19-21-34)32-16-14-31(15-17-32)12-10-6-4-2/h20,22-33H,3-19,21H2,1-2H3. The summed E-state index contributed by atoms with van der Waals surface area (Å²) in [6.45, 7) is 4.47. The highest BCUT2D eigenvalue weighted by molar-refractivity contribution is 5.74. The maximum absolute atomic E-state index is 15.4. The fourth-order valence-corrected chi connectivity index (χ4v) is 8.06. The number of benzene rings is 3. The van der Waals surface area contributed by atoms with Gasteiger partial charge >= 0.3 is 0 Å². The molecule has 0 bridgehead atoms. The summed E-state index contributed by atoms with van der Waals surface area (Å²) in [6, 6.07) is 16.1. The molecule has 1 fully saturated rings. The molecule has 5 rings (SSSR count). The number of allylic oxidation sites excluding steroid dienone is 2. The van der Waals surface area contributed by atoms with Crippen molar-refractivity contribution in [3.8, 4) is 22.3 Å². The average Bonchev–Trinajstić information content (AvgIpc) is 3.09. The molecule has 0 radical (unpaired) electrons. The van der Waals surface area contributed by atoms with E-state index in [0.29, 0.717) is 23.1 Å². The highest BCUT2D eigenvalue weighted by Crippen LogP contribution is 2.42. The van der Waals surface area contributed by atoms with Crippen molar-refractivity contribution in [3.63, 3.8) is 0 Å². The van der Waals surface area contributed by atoms with E-state index in [1.165, 1.54) is 82.6 Å². The van der Waals surface area contributed by atoms with Crippen LogP contribution in [0.4, 0.5) is 13.2 Å². The summed E-state index contributed by atoms with van der Waals surface area (Å²) >= 11 is 0. The minimum atomic E-state index is -0.801. The second-order valence-electron chi connectivity index (χ2n) is 14.2. The van der Waals surface area contributed by atoms with Crippen LogP contribution in [0.1, 0.15) is 134 Å². The molecule has 0 heterocycles. The van der Waals surface area contributed by atoms with Gasteiger partial charge in [0.05, 0.1) is 0 Å². The van der Waals surface area contributed by atoms with Crippen molar-refractivity contribution < 1.29 is 13.2 Å². The number of hydrogen-bond acceptors (Lipinski definition) is 0. The van der Waals surface area contributed by atoms with E-state index in [-0.39, 0.29) is 11.4 Å². The maximum Gasteiger partial charge on any atom is 0.166 e. The van der Waals surface area contributed by atoms with Crippen molar-refractivity contribution in [2.45, 2.75) is 129 Å². The molecule has 0 N–H and O–H groups in total. The van der Waals surface area contributed by atoms with Crippen LogP contribution in [0, 0.1) is 35.2 Å². The van der Waals surface area contributed by atoms with Crippen LogP contribution in [0.15, 0.2) is 60.7 Å². The summed E-state index contributed by atoms with van der Waals surface area (Å²) in [7, 11) is 0. The van der Waals surface area contributed by atoms with Crippen LogP contribution in [-0.4, -0.2) is 0 Å². The fourth-order valence-electron chi connectivity index (χ4n) is 8.06. The van der Waals surface area contributed by atoms with Crippen molar-refractivity contribution in [1.82, 2.24) is 0 Å². The van der Waals surface area contributed by atoms with Crippen molar-refractivity contribution in [2.75, 3.05) is 0 Å². The van der Waals surface area contributed by atoms with Gasteiger partial charge in [-0.25, -0.2) is 13.2 Å². The lowest BCUT2D eigenvalue weighted by Gasteiger charge is -2.35. The third-order valence-corrected chi connectivity index (χ3v) is 11.0. The molecule has 1 atom stereocenters. The molecule has 0 amide bonds. The molecule has 0 spiro atoms. The van der Waals surface area contributed by atoms with Gasteiger partial charge in [0.15, 0.2) is 11.6 Å². The third-order valence-electron chi connectivity index (χ3n) is 11.0. The van der Waals surface area contributed by atoms with Gasteiger partial charge in [0, 0.05) is 11.1 Å². The molecule has 0 saturated heterocycles. The predicted molar refractivity (Wildman–Crippen MR) is 189 cm³/mol. The van der Waals surface area contributed by atoms with Gasteiger partial charge < -0.3 is 0 Å². The van der Waals surface area contributed by atoms with Crippen LogP contribution in [0.3, 0.4) is 0 Å². The summed E-state index contributed by atoms with van der Waals surface area (Å²) in [5, 5.41) is 0. The molecular weight excluding hydrogens is 573 g/mol. The Bertz CT molecular complexity index is 1410. The van der Waals surface area contributed by atoms with Crippen LogP contribution < -0.4 is 0 Å². The molecule has 0 aromatic heterocycles. The smallest absolute Gasteiger partial charge is 0.166 e. The van der Waals surface area contributed by atoms with E-state index in [4.69, 9.17) is 0 Å². The normalized spacial score (nSPS) is 20.1. The lowest BCUT2D eigenvalue weighted by atomic mass is 9.70. The van der Waals surface area contributed by atoms with Crippen LogP contribution in [0.25, 0.3) is 27.8 Å². The van der Waals surface area contributed by atoms with Crippen molar-refractivity contribution in [2.24, 2.45) is 17.8 Å². The highest BCUT2D eigenvalue weighted by atomic mass is 19.2. The summed E-state index contributed by atoms with van der Waals surface area (Å²) in [6.07, 6.45) is 24.1. The van der Waals surface area contributed by atoms with E-state index in [2.05, 4.69) is 19.9 Å². The van der Waals surface area contributed by atoms with Gasteiger partial charge in [-0.3, -0.25) is 0 Å². The molecule has 0 nitrogen and oxygen atoms in total. The molecule has 1 unspecified atom stereocenters. The van der Waals surface area contributed by atoms with Crippen molar-refractivity contribution in [3.05, 3.63) is 89.3 Å². The fraction of sp³-hybridized carbons (Fsp3) is 0.535. The first-order valence-corrected chi connectivity index (χ1v) is 18.5. The van der Waals surface area contributed by atoms with Crippen LogP contribution in [0.5, 0.6) is 0 Å². The molecule has 3 aromatic carbocycles. The minimum Gasteiger partial charge on any atom is -0.206 e. The Kier molecular flexibility index (Phi) is 13.0. The van der Waals surface area contributed by atoms with E-state index >= 15 is 8.78 Å². The Balaban J connectivity index is 1.16. The Hall–Kier alpha value is -2.81.